The van der Waals surface area contributed by atoms with E-state index in [1.807, 2.05) is 0 Å². The molecule has 1 atom stereocenters. The fourth-order valence-electron chi connectivity index (χ4n) is 4.41. The summed E-state index contributed by atoms with van der Waals surface area (Å²) in [6.45, 7) is 0.236. The van der Waals surface area contributed by atoms with Crippen LogP contribution < -0.4 is 4.74 Å². The second kappa shape index (κ2) is 7.17. The molecule has 1 fully saturated rings. The third kappa shape index (κ3) is 3.27. The van der Waals surface area contributed by atoms with Crippen LogP contribution in [0.25, 0.3) is 10.2 Å². The van der Waals surface area contributed by atoms with Crippen molar-refractivity contribution in [3.05, 3.63) is 16.8 Å². The lowest BCUT2D eigenvalue weighted by molar-refractivity contribution is 0.108. The van der Waals surface area contributed by atoms with Crippen LogP contribution in [0.3, 0.4) is 0 Å². The number of thiophene rings is 1. The van der Waals surface area contributed by atoms with Crippen molar-refractivity contribution in [3.8, 4) is 5.88 Å². The number of nitrogens with zero attached hydrogens (tertiary/aromatic N) is 3. The van der Waals surface area contributed by atoms with Crippen molar-refractivity contribution in [3.63, 3.8) is 0 Å². The number of hydrogen-bond donors (Lipinski definition) is 1. The summed E-state index contributed by atoms with van der Waals surface area (Å²) in [5.41, 5.74) is 1.35. The molecular weight excluding hydrogens is 334 g/mol. The highest BCUT2D eigenvalue weighted by Gasteiger charge is 2.31. The second-order valence-corrected chi connectivity index (χ2v) is 8.64. The molecule has 0 bridgehead atoms. The van der Waals surface area contributed by atoms with E-state index in [2.05, 4.69) is 29.0 Å². The Morgan fingerprint density at radius 1 is 1.20 bits per heavy atom. The molecule has 2 aliphatic rings. The van der Waals surface area contributed by atoms with Gasteiger partial charge in [0.2, 0.25) is 5.88 Å². The number of aliphatic hydroxyl groups excluding tert-OH is 1. The fourth-order valence-corrected chi connectivity index (χ4v) is 5.64. The number of rotatable bonds is 5. The Labute approximate surface area is 153 Å². The summed E-state index contributed by atoms with van der Waals surface area (Å²) in [4.78, 5) is 13.8. The minimum absolute atomic E-state index is 0.236. The average molecular weight is 362 g/mol. The molecule has 25 heavy (non-hydrogen) atoms. The molecule has 0 amide bonds. The minimum Gasteiger partial charge on any atom is -0.474 e. The van der Waals surface area contributed by atoms with Gasteiger partial charge in [-0.1, -0.05) is 0 Å². The molecule has 1 saturated carbocycles. The molecule has 0 unspecified atom stereocenters. The highest BCUT2D eigenvalue weighted by atomic mass is 32.1. The van der Waals surface area contributed by atoms with E-state index in [0.29, 0.717) is 12.0 Å². The molecule has 4 rings (SSSR count). The van der Waals surface area contributed by atoms with Crippen molar-refractivity contribution in [2.24, 2.45) is 0 Å². The predicted molar refractivity (Wildman–Crippen MR) is 101 cm³/mol. The molecule has 0 aliphatic heterocycles. The van der Waals surface area contributed by atoms with Gasteiger partial charge in [0.25, 0.3) is 0 Å². The number of aliphatic hydroxyl groups is 1. The lowest BCUT2D eigenvalue weighted by Gasteiger charge is -2.32. The summed E-state index contributed by atoms with van der Waals surface area (Å²) in [5.74, 6) is 1.19. The molecule has 0 aromatic carbocycles. The Balaban J connectivity index is 1.58. The zero-order valence-electron chi connectivity index (χ0n) is 15.1. The van der Waals surface area contributed by atoms with Crippen LogP contribution in [0.4, 0.5) is 0 Å². The monoisotopic (exact) mass is 361 g/mol. The van der Waals surface area contributed by atoms with Crippen molar-refractivity contribution >= 4 is 21.6 Å². The second-order valence-electron chi connectivity index (χ2n) is 7.56. The van der Waals surface area contributed by atoms with Gasteiger partial charge in [0, 0.05) is 17.5 Å². The van der Waals surface area contributed by atoms with Gasteiger partial charge in [0.15, 0.2) is 0 Å². The van der Waals surface area contributed by atoms with Gasteiger partial charge in [0.1, 0.15) is 17.3 Å². The average Bonchev–Trinajstić information content (AvgIpc) is 3.16. The van der Waals surface area contributed by atoms with Crippen LogP contribution >= 0.6 is 11.3 Å². The third-order valence-corrected chi connectivity index (χ3v) is 7.00. The van der Waals surface area contributed by atoms with E-state index in [0.717, 1.165) is 48.2 Å². The Morgan fingerprint density at radius 3 is 2.72 bits per heavy atom. The van der Waals surface area contributed by atoms with Crippen LogP contribution in [0.15, 0.2) is 6.33 Å². The van der Waals surface area contributed by atoms with Crippen LogP contribution in [0, 0.1) is 0 Å². The first kappa shape index (κ1) is 17.2. The van der Waals surface area contributed by atoms with Gasteiger partial charge < -0.3 is 14.7 Å². The molecular formula is C19H27N3O2S. The predicted octanol–water partition coefficient (Wildman–Crippen LogP) is 3.36. The van der Waals surface area contributed by atoms with Gasteiger partial charge in [-0.3, -0.25) is 0 Å². The number of aryl methyl sites for hydroxylation is 1. The normalized spacial score (nSPS) is 26.3. The van der Waals surface area contributed by atoms with Gasteiger partial charge in [0.05, 0.1) is 5.39 Å². The first-order chi connectivity index (χ1) is 12.2. The molecule has 5 nitrogen and oxygen atoms in total. The van der Waals surface area contributed by atoms with E-state index in [1.165, 1.54) is 23.3 Å². The maximum absolute atomic E-state index is 9.40. The molecule has 2 aromatic heterocycles. The first-order valence-electron chi connectivity index (χ1n) is 9.37. The third-order valence-electron chi connectivity index (χ3n) is 5.83. The zero-order chi connectivity index (χ0) is 17.4. The molecule has 0 saturated heterocycles. The highest BCUT2D eigenvalue weighted by Crippen LogP contribution is 2.47. The van der Waals surface area contributed by atoms with Gasteiger partial charge >= 0.3 is 0 Å². The molecule has 6 heteroatoms. The van der Waals surface area contributed by atoms with E-state index >= 15 is 0 Å². The van der Waals surface area contributed by atoms with E-state index in [4.69, 9.17) is 4.74 Å². The molecule has 1 N–H and O–H groups in total. The number of ether oxygens (including phenoxy) is 1. The molecule has 0 spiro atoms. The van der Waals surface area contributed by atoms with Crippen molar-refractivity contribution in [2.45, 2.75) is 63.0 Å². The summed E-state index contributed by atoms with van der Waals surface area (Å²) < 4.78 is 6.38. The molecule has 2 aromatic rings. The quantitative estimate of drug-likeness (QED) is 0.885. The van der Waals surface area contributed by atoms with Crippen molar-refractivity contribution in [2.75, 3.05) is 20.7 Å². The standard InChI is InChI=1S/C19H27N3O2S/c1-22(2)13-4-6-14(7-5-13)24-18-17-16-12(9-10-23)3-8-15(16)25-19(17)21-11-20-18/h11-14,23H,3-10H2,1-2H3/t12-,13-,14-/m0/s1. The molecule has 2 heterocycles. The van der Waals surface area contributed by atoms with Crippen LogP contribution in [0.2, 0.25) is 0 Å². The largest absolute Gasteiger partial charge is 0.474 e. The van der Waals surface area contributed by atoms with E-state index in [1.54, 1.807) is 17.7 Å². The smallest absolute Gasteiger partial charge is 0.225 e. The lowest BCUT2D eigenvalue weighted by atomic mass is 9.92. The number of fused-ring (bicyclic) bond motifs is 3. The number of hydrogen-bond acceptors (Lipinski definition) is 6. The lowest BCUT2D eigenvalue weighted by Crippen LogP contribution is -2.35. The summed E-state index contributed by atoms with van der Waals surface area (Å²) >= 11 is 1.78. The van der Waals surface area contributed by atoms with Crippen LogP contribution in [0.1, 0.15) is 54.9 Å². The highest BCUT2D eigenvalue weighted by molar-refractivity contribution is 7.19. The van der Waals surface area contributed by atoms with Crippen molar-refractivity contribution in [1.29, 1.82) is 0 Å². The summed E-state index contributed by atoms with van der Waals surface area (Å²) in [6.07, 6.45) is 9.46. The molecule has 0 radical (unpaired) electrons. The summed E-state index contributed by atoms with van der Waals surface area (Å²) in [5, 5.41) is 10.5. The van der Waals surface area contributed by atoms with Gasteiger partial charge in [-0.05, 0) is 70.5 Å². The zero-order valence-corrected chi connectivity index (χ0v) is 15.9. The van der Waals surface area contributed by atoms with Gasteiger partial charge in [-0.2, -0.15) is 0 Å². The Kier molecular flexibility index (Phi) is 4.93. The van der Waals surface area contributed by atoms with Gasteiger partial charge in [-0.25, -0.2) is 9.97 Å². The topological polar surface area (TPSA) is 58.5 Å². The Bertz CT molecular complexity index is 738. The van der Waals surface area contributed by atoms with Crippen molar-refractivity contribution < 1.29 is 9.84 Å². The fraction of sp³-hybridized carbons (Fsp3) is 0.684. The van der Waals surface area contributed by atoms with Crippen LogP contribution in [-0.4, -0.2) is 52.8 Å². The minimum atomic E-state index is 0.236. The maximum atomic E-state index is 9.40. The summed E-state index contributed by atoms with van der Waals surface area (Å²) in [7, 11) is 4.32. The first-order valence-corrected chi connectivity index (χ1v) is 10.2. The van der Waals surface area contributed by atoms with Crippen LogP contribution in [-0.2, 0) is 6.42 Å². The Hall–Kier alpha value is -1.24. The number of aromatic nitrogens is 2. The summed E-state index contributed by atoms with van der Waals surface area (Å²) in [6, 6.07) is 0.671. The van der Waals surface area contributed by atoms with E-state index < -0.39 is 0 Å². The Morgan fingerprint density at radius 2 is 2.00 bits per heavy atom. The maximum Gasteiger partial charge on any atom is 0.225 e. The van der Waals surface area contributed by atoms with Crippen LogP contribution in [0.5, 0.6) is 5.88 Å². The van der Waals surface area contributed by atoms with Crippen molar-refractivity contribution in [1.82, 2.24) is 14.9 Å². The molecule has 2 aliphatic carbocycles. The van der Waals surface area contributed by atoms with E-state index in [9.17, 15) is 5.11 Å². The SMILES string of the molecule is CN(C)[C@H]1CC[C@H](Oc2ncnc3sc4c(c23)[C@H](CCO)CC4)CC1. The van der Waals surface area contributed by atoms with Gasteiger partial charge in [-0.15, -0.1) is 11.3 Å². The van der Waals surface area contributed by atoms with E-state index in [-0.39, 0.29) is 12.7 Å². The molecule has 136 valence electrons.